The molecule has 0 fully saturated rings. The third-order valence-corrected chi connectivity index (χ3v) is 3.23. The van der Waals surface area contributed by atoms with Crippen LogP contribution in [-0.2, 0) is 17.9 Å². The first-order valence-electron chi connectivity index (χ1n) is 5.78. The van der Waals surface area contributed by atoms with Gasteiger partial charge in [-0.05, 0) is 0 Å². The highest BCUT2D eigenvalue weighted by Crippen LogP contribution is 2.16. The van der Waals surface area contributed by atoms with Crippen molar-refractivity contribution in [1.82, 2.24) is 25.0 Å². The minimum Gasteiger partial charge on any atom is -0.481 e. The van der Waals surface area contributed by atoms with Gasteiger partial charge in [-0.15, -0.1) is 10.2 Å². The van der Waals surface area contributed by atoms with Crippen LogP contribution in [0.2, 0.25) is 0 Å². The highest BCUT2D eigenvalue weighted by atomic mass is 32.2. The molecular weight excluding hydrogens is 286 g/mol. The molecule has 0 radical (unpaired) electrons. The number of aromatic nitrogens is 3. The highest BCUT2D eigenvalue weighted by Gasteiger charge is 2.13. The van der Waals surface area contributed by atoms with Gasteiger partial charge in [0.15, 0.2) is 11.0 Å². The Kier molecular flexibility index (Phi) is 6.25. The van der Waals surface area contributed by atoms with E-state index in [1.54, 1.807) is 18.7 Å². The summed E-state index contributed by atoms with van der Waals surface area (Å²) in [5.41, 5.74) is 0. The molecule has 0 aliphatic carbocycles. The van der Waals surface area contributed by atoms with Crippen molar-refractivity contribution in [3.05, 3.63) is 5.82 Å². The molecule has 0 saturated carbocycles. The van der Waals surface area contributed by atoms with Gasteiger partial charge in [0.05, 0.1) is 5.75 Å². The van der Waals surface area contributed by atoms with Gasteiger partial charge in [0.25, 0.3) is 0 Å². The van der Waals surface area contributed by atoms with E-state index in [1.165, 1.54) is 4.90 Å². The minimum atomic E-state index is -0.962. The van der Waals surface area contributed by atoms with Gasteiger partial charge in [-0.25, -0.2) is 4.79 Å². The zero-order valence-corrected chi connectivity index (χ0v) is 12.1. The number of carboxylic acid groups (broad SMARTS) is 1. The van der Waals surface area contributed by atoms with Gasteiger partial charge in [-0.1, -0.05) is 11.8 Å². The van der Waals surface area contributed by atoms with E-state index >= 15 is 0 Å². The van der Waals surface area contributed by atoms with Crippen molar-refractivity contribution in [1.29, 1.82) is 0 Å². The van der Waals surface area contributed by atoms with Crippen molar-refractivity contribution < 1.29 is 19.8 Å². The van der Waals surface area contributed by atoms with Crippen molar-refractivity contribution >= 4 is 23.8 Å². The number of aliphatic hydroxyl groups excluding tert-OH is 1. The lowest BCUT2D eigenvalue weighted by Crippen LogP contribution is -2.36. The Morgan fingerprint density at radius 1 is 1.40 bits per heavy atom. The van der Waals surface area contributed by atoms with Crippen LogP contribution in [0.25, 0.3) is 0 Å². The number of amides is 2. The molecule has 2 amide bonds. The van der Waals surface area contributed by atoms with E-state index in [0.29, 0.717) is 24.1 Å². The molecule has 1 rings (SSSR count). The summed E-state index contributed by atoms with van der Waals surface area (Å²) in [6, 6.07) is -0.233. The molecule has 3 N–H and O–H groups in total. The molecule has 0 unspecified atom stereocenters. The number of hydrogen-bond donors (Lipinski definition) is 3. The number of thioether (sulfide) groups is 1. The Balaban J connectivity index is 2.64. The Hall–Kier alpha value is -1.81. The standard InChI is InChI=1S/C10H17N5O4S/c1-14(2)9(19)11-3-4-15-7(5-16)12-13-10(15)20-6-8(17)18/h16H,3-6H2,1-2H3,(H,11,19)(H,17,18). The highest BCUT2D eigenvalue weighted by molar-refractivity contribution is 7.99. The Morgan fingerprint density at radius 3 is 2.65 bits per heavy atom. The summed E-state index contributed by atoms with van der Waals surface area (Å²) in [6.07, 6.45) is 0. The van der Waals surface area contributed by atoms with E-state index in [9.17, 15) is 9.59 Å². The number of carboxylic acids is 1. The lowest BCUT2D eigenvalue weighted by atomic mass is 10.5. The van der Waals surface area contributed by atoms with Crippen LogP contribution in [0, 0.1) is 0 Å². The quantitative estimate of drug-likeness (QED) is 0.565. The van der Waals surface area contributed by atoms with Crippen molar-refractivity contribution in [2.45, 2.75) is 18.3 Å². The third-order valence-electron chi connectivity index (χ3n) is 2.28. The summed E-state index contributed by atoms with van der Waals surface area (Å²) in [6.45, 7) is 0.370. The lowest BCUT2D eigenvalue weighted by molar-refractivity contribution is -0.133. The lowest BCUT2D eigenvalue weighted by Gasteiger charge is -2.13. The van der Waals surface area contributed by atoms with Crippen LogP contribution in [0.5, 0.6) is 0 Å². The zero-order chi connectivity index (χ0) is 15.1. The van der Waals surface area contributed by atoms with Crippen LogP contribution < -0.4 is 5.32 Å². The van der Waals surface area contributed by atoms with Crippen LogP contribution in [0.3, 0.4) is 0 Å². The maximum Gasteiger partial charge on any atom is 0.316 e. The SMILES string of the molecule is CN(C)C(=O)NCCn1c(CO)nnc1SCC(=O)O. The first-order valence-corrected chi connectivity index (χ1v) is 6.77. The van der Waals surface area contributed by atoms with Gasteiger partial charge in [-0.3, -0.25) is 4.79 Å². The summed E-state index contributed by atoms with van der Waals surface area (Å²) < 4.78 is 1.59. The molecule has 0 aliphatic rings. The van der Waals surface area contributed by atoms with Gasteiger partial charge in [-0.2, -0.15) is 0 Å². The Labute approximate surface area is 120 Å². The monoisotopic (exact) mass is 303 g/mol. The predicted molar refractivity (Wildman–Crippen MR) is 71.4 cm³/mol. The van der Waals surface area contributed by atoms with Crippen LogP contribution in [-0.4, -0.2) is 68.3 Å². The van der Waals surface area contributed by atoms with Gasteiger partial charge < -0.3 is 25.0 Å². The largest absolute Gasteiger partial charge is 0.481 e. The molecule has 0 spiro atoms. The Morgan fingerprint density at radius 2 is 2.10 bits per heavy atom. The van der Waals surface area contributed by atoms with Gasteiger partial charge in [0.2, 0.25) is 0 Å². The maximum absolute atomic E-state index is 11.4. The molecule has 1 aromatic heterocycles. The second-order valence-corrected chi connectivity index (χ2v) is 4.96. The molecule has 1 aromatic rings. The molecule has 20 heavy (non-hydrogen) atoms. The fraction of sp³-hybridized carbons (Fsp3) is 0.600. The molecule has 0 aliphatic heterocycles. The van der Waals surface area contributed by atoms with E-state index in [0.717, 1.165) is 11.8 Å². The second kappa shape index (κ2) is 7.70. The number of nitrogens with one attached hydrogen (secondary N) is 1. The first kappa shape index (κ1) is 16.2. The number of nitrogens with zero attached hydrogens (tertiary/aromatic N) is 4. The van der Waals surface area contributed by atoms with Crippen molar-refractivity contribution in [3.63, 3.8) is 0 Å². The number of hydrogen-bond acceptors (Lipinski definition) is 6. The molecule has 10 heteroatoms. The second-order valence-electron chi connectivity index (χ2n) is 4.02. The molecule has 0 bridgehead atoms. The summed E-state index contributed by atoms with van der Waals surface area (Å²) in [5.74, 6) is -0.777. The van der Waals surface area contributed by atoms with E-state index in [-0.39, 0.29) is 18.4 Å². The molecule has 0 aromatic carbocycles. The number of rotatable bonds is 7. The fourth-order valence-corrected chi connectivity index (χ4v) is 2.03. The van der Waals surface area contributed by atoms with Crippen LogP contribution >= 0.6 is 11.8 Å². The van der Waals surface area contributed by atoms with E-state index in [1.807, 2.05) is 0 Å². The first-order chi connectivity index (χ1) is 9.45. The maximum atomic E-state index is 11.4. The molecule has 0 atom stereocenters. The van der Waals surface area contributed by atoms with Crippen LogP contribution in [0.15, 0.2) is 5.16 Å². The summed E-state index contributed by atoms with van der Waals surface area (Å²) in [5, 5.41) is 28.5. The summed E-state index contributed by atoms with van der Waals surface area (Å²) >= 11 is 1.01. The van der Waals surface area contributed by atoms with E-state index in [4.69, 9.17) is 10.2 Å². The average Bonchev–Trinajstić information content (AvgIpc) is 2.78. The van der Waals surface area contributed by atoms with E-state index in [2.05, 4.69) is 15.5 Å². The minimum absolute atomic E-state index is 0.145. The normalized spacial score (nSPS) is 10.3. The molecule has 1 heterocycles. The van der Waals surface area contributed by atoms with Crippen molar-refractivity contribution in [2.75, 3.05) is 26.4 Å². The number of aliphatic carboxylic acids is 1. The molecule has 0 saturated heterocycles. The number of urea groups is 1. The van der Waals surface area contributed by atoms with Gasteiger partial charge in [0, 0.05) is 27.2 Å². The summed E-state index contributed by atoms with van der Waals surface area (Å²) in [4.78, 5) is 23.3. The van der Waals surface area contributed by atoms with E-state index < -0.39 is 5.97 Å². The fourth-order valence-electron chi connectivity index (χ4n) is 1.33. The van der Waals surface area contributed by atoms with Crippen LogP contribution in [0.1, 0.15) is 5.82 Å². The van der Waals surface area contributed by atoms with Crippen LogP contribution in [0.4, 0.5) is 4.79 Å². The molecule has 9 nitrogen and oxygen atoms in total. The predicted octanol–water partition coefficient (Wildman–Crippen LogP) is -0.782. The number of carbonyl (C=O) groups excluding carboxylic acids is 1. The zero-order valence-electron chi connectivity index (χ0n) is 11.2. The number of carbonyl (C=O) groups is 2. The molecular formula is C10H17N5O4S. The smallest absolute Gasteiger partial charge is 0.316 e. The number of aliphatic hydroxyl groups is 1. The van der Waals surface area contributed by atoms with Crippen molar-refractivity contribution in [3.8, 4) is 0 Å². The van der Waals surface area contributed by atoms with Gasteiger partial charge in [0.1, 0.15) is 6.61 Å². The third kappa shape index (κ3) is 4.70. The topological polar surface area (TPSA) is 121 Å². The Bertz CT molecular complexity index is 476. The van der Waals surface area contributed by atoms with Crippen molar-refractivity contribution in [2.24, 2.45) is 0 Å². The summed E-state index contributed by atoms with van der Waals surface area (Å²) in [7, 11) is 3.25. The van der Waals surface area contributed by atoms with Gasteiger partial charge >= 0.3 is 12.0 Å². The average molecular weight is 303 g/mol. The molecule has 112 valence electrons.